The highest BCUT2D eigenvalue weighted by atomic mass is 32.2. The smallest absolute Gasteiger partial charge is 0.270 e. The Bertz CT molecular complexity index is 593. The number of nitrogens with zero attached hydrogens (tertiary/aromatic N) is 2. The van der Waals surface area contributed by atoms with Crippen LogP contribution in [0, 0.1) is 11.8 Å². The van der Waals surface area contributed by atoms with E-state index in [9.17, 15) is 13.2 Å². The number of hydrogen-bond acceptors (Lipinski definition) is 3. The molecule has 21 heavy (non-hydrogen) atoms. The van der Waals surface area contributed by atoms with Crippen LogP contribution in [0.5, 0.6) is 0 Å². The van der Waals surface area contributed by atoms with E-state index in [1.807, 2.05) is 27.7 Å². The minimum Gasteiger partial charge on any atom is -0.345 e. The van der Waals surface area contributed by atoms with E-state index in [1.165, 1.54) is 16.8 Å². The fourth-order valence-electron chi connectivity index (χ4n) is 2.19. The van der Waals surface area contributed by atoms with Gasteiger partial charge < -0.3 is 9.47 Å². The number of aryl methyl sites for hydroxylation is 1. The molecule has 7 heteroatoms. The number of primary sulfonamides is 1. The van der Waals surface area contributed by atoms with Crippen LogP contribution in [0.25, 0.3) is 0 Å². The molecule has 1 aromatic rings. The molecule has 1 aromatic heterocycles. The average Bonchev–Trinajstić information content (AvgIpc) is 2.68. The van der Waals surface area contributed by atoms with E-state index in [0.29, 0.717) is 30.6 Å². The van der Waals surface area contributed by atoms with E-state index < -0.39 is 10.0 Å². The third-order valence-corrected chi connectivity index (χ3v) is 3.87. The van der Waals surface area contributed by atoms with Crippen LogP contribution in [-0.2, 0) is 17.1 Å². The monoisotopic (exact) mass is 315 g/mol. The predicted octanol–water partition coefficient (Wildman–Crippen LogP) is 1.43. The van der Waals surface area contributed by atoms with Gasteiger partial charge in [-0.2, -0.15) is 0 Å². The number of carbonyl (C=O) groups is 1. The number of carbonyl (C=O) groups excluding carboxylic acids is 1. The zero-order valence-corrected chi connectivity index (χ0v) is 14.1. The summed E-state index contributed by atoms with van der Waals surface area (Å²) in [6, 6.07) is 1.34. The molecule has 2 N–H and O–H groups in total. The molecule has 120 valence electrons. The lowest BCUT2D eigenvalue weighted by atomic mass is 10.1. The average molecular weight is 315 g/mol. The van der Waals surface area contributed by atoms with Crippen LogP contribution in [0.3, 0.4) is 0 Å². The number of aromatic nitrogens is 1. The molecule has 0 atom stereocenters. The summed E-state index contributed by atoms with van der Waals surface area (Å²) < 4.78 is 24.3. The van der Waals surface area contributed by atoms with E-state index >= 15 is 0 Å². The van der Waals surface area contributed by atoms with Crippen molar-refractivity contribution in [2.24, 2.45) is 24.0 Å². The van der Waals surface area contributed by atoms with Crippen molar-refractivity contribution < 1.29 is 13.2 Å². The van der Waals surface area contributed by atoms with Crippen LogP contribution in [0.4, 0.5) is 0 Å². The lowest BCUT2D eigenvalue weighted by Gasteiger charge is -2.26. The summed E-state index contributed by atoms with van der Waals surface area (Å²) in [5.74, 6) is 0.506. The first-order chi connectivity index (χ1) is 9.52. The number of sulfonamides is 1. The normalized spacial score (nSPS) is 12.2. The number of nitrogens with two attached hydrogens (primary N) is 1. The van der Waals surface area contributed by atoms with E-state index in [-0.39, 0.29) is 10.8 Å². The van der Waals surface area contributed by atoms with Gasteiger partial charge in [-0.3, -0.25) is 4.79 Å². The minimum absolute atomic E-state index is 0.0395. The molecule has 0 aliphatic carbocycles. The molecule has 0 aromatic carbocycles. The maximum absolute atomic E-state index is 12.6. The summed E-state index contributed by atoms with van der Waals surface area (Å²) >= 11 is 0. The summed E-state index contributed by atoms with van der Waals surface area (Å²) in [6.45, 7) is 9.44. The Balaban J connectivity index is 3.11. The maximum atomic E-state index is 12.6. The summed E-state index contributed by atoms with van der Waals surface area (Å²) in [7, 11) is -2.16. The molecule has 0 radical (unpaired) electrons. The van der Waals surface area contributed by atoms with Gasteiger partial charge in [0.2, 0.25) is 10.0 Å². The van der Waals surface area contributed by atoms with E-state index in [1.54, 1.807) is 11.9 Å². The Morgan fingerprint density at radius 2 is 1.71 bits per heavy atom. The highest BCUT2D eigenvalue weighted by Gasteiger charge is 2.23. The van der Waals surface area contributed by atoms with Gasteiger partial charge in [-0.05, 0) is 17.9 Å². The molecule has 0 aliphatic heterocycles. The molecule has 1 heterocycles. The topological polar surface area (TPSA) is 85.4 Å². The molecular formula is C14H25N3O3S. The molecule has 0 fully saturated rings. The third kappa shape index (κ3) is 4.86. The molecule has 0 spiro atoms. The largest absolute Gasteiger partial charge is 0.345 e. The molecule has 1 rings (SSSR count). The summed E-state index contributed by atoms with van der Waals surface area (Å²) in [6.07, 6.45) is 1.37. The van der Waals surface area contributed by atoms with Gasteiger partial charge in [0.1, 0.15) is 10.6 Å². The number of amides is 1. The molecule has 6 nitrogen and oxygen atoms in total. The molecule has 0 aliphatic rings. The Morgan fingerprint density at radius 3 is 2.05 bits per heavy atom. The van der Waals surface area contributed by atoms with Gasteiger partial charge in [0.25, 0.3) is 5.91 Å². The van der Waals surface area contributed by atoms with Crippen molar-refractivity contribution in [2.75, 3.05) is 13.1 Å². The summed E-state index contributed by atoms with van der Waals surface area (Å²) in [5, 5.41) is 5.11. The summed E-state index contributed by atoms with van der Waals surface area (Å²) in [5.41, 5.74) is 0.334. The highest BCUT2D eigenvalue weighted by Crippen LogP contribution is 2.15. The Hall–Kier alpha value is -1.34. The SMILES string of the molecule is CC(C)CN(CC(C)C)C(=O)c1cc(S(N)(=O)=O)cn1C. The van der Waals surface area contributed by atoms with Gasteiger partial charge in [-0.1, -0.05) is 27.7 Å². The second kappa shape index (κ2) is 6.62. The van der Waals surface area contributed by atoms with Crippen LogP contribution < -0.4 is 5.14 Å². The zero-order chi connectivity index (χ0) is 16.4. The minimum atomic E-state index is -3.80. The fourth-order valence-corrected chi connectivity index (χ4v) is 2.77. The molecule has 0 saturated carbocycles. The first-order valence-electron chi connectivity index (χ1n) is 7.00. The second-order valence-electron chi connectivity index (χ2n) is 6.21. The van der Waals surface area contributed by atoms with Gasteiger partial charge in [0.05, 0.1) is 0 Å². The summed E-state index contributed by atoms with van der Waals surface area (Å²) in [4.78, 5) is 14.4. The zero-order valence-electron chi connectivity index (χ0n) is 13.3. The number of rotatable bonds is 6. The molecule has 0 unspecified atom stereocenters. The first-order valence-corrected chi connectivity index (χ1v) is 8.55. The quantitative estimate of drug-likeness (QED) is 0.861. The van der Waals surface area contributed by atoms with Crippen LogP contribution in [0.2, 0.25) is 0 Å². The van der Waals surface area contributed by atoms with Crippen molar-refractivity contribution >= 4 is 15.9 Å². The van der Waals surface area contributed by atoms with Crippen molar-refractivity contribution in [1.29, 1.82) is 0 Å². The maximum Gasteiger partial charge on any atom is 0.270 e. The lowest BCUT2D eigenvalue weighted by Crippen LogP contribution is -2.37. The third-order valence-electron chi connectivity index (χ3n) is 2.99. The van der Waals surface area contributed by atoms with Crippen LogP contribution in [-0.4, -0.2) is 36.9 Å². The fraction of sp³-hybridized carbons (Fsp3) is 0.643. The number of hydrogen-bond donors (Lipinski definition) is 1. The first kappa shape index (κ1) is 17.7. The molecular weight excluding hydrogens is 290 g/mol. The van der Waals surface area contributed by atoms with Crippen LogP contribution >= 0.6 is 0 Å². The Kier molecular flexibility index (Phi) is 5.58. The van der Waals surface area contributed by atoms with Crippen molar-refractivity contribution in [2.45, 2.75) is 32.6 Å². The Labute approximate surface area is 127 Å². The van der Waals surface area contributed by atoms with Crippen LogP contribution in [0.1, 0.15) is 38.2 Å². The molecule has 0 bridgehead atoms. The van der Waals surface area contributed by atoms with Gasteiger partial charge in [0.15, 0.2) is 0 Å². The van der Waals surface area contributed by atoms with Crippen molar-refractivity contribution in [3.63, 3.8) is 0 Å². The van der Waals surface area contributed by atoms with Crippen molar-refractivity contribution in [1.82, 2.24) is 9.47 Å². The van der Waals surface area contributed by atoms with Crippen molar-refractivity contribution in [3.8, 4) is 0 Å². The lowest BCUT2D eigenvalue weighted by molar-refractivity contribution is 0.0705. The van der Waals surface area contributed by atoms with Crippen LogP contribution in [0.15, 0.2) is 17.2 Å². The molecule has 0 saturated heterocycles. The van der Waals surface area contributed by atoms with Gasteiger partial charge in [0, 0.05) is 26.3 Å². The Morgan fingerprint density at radius 1 is 1.24 bits per heavy atom. The highest BCUT2D eigenvalue weighted by molar-refractivity contribution is 7.89. The molecule has 1 amide bonds. The predicted molar refractivity (Wildman–Crippen MR) is 82.4 cm³/mol. The van der Waals surface area contributed by atoms with Crippen molar-refractivity contribution in [3.05, 3.63) is 18.0 Å². The standard InChI is InChI=1S/C14H25N3O3S/c1-10(2)7-17(8-11(3)4)14(18)13-6-12(9-16(13)5)21(15,19)20/h6,9-11H,7-8H2,1-5H3,(H2,15,19,20). The van der Waals surface area contributed by atoms with E-state index in [0.717, 1.165) is 0 Å². The van der Waals surface area contributed by atoms with E-state index in [2.05, 4.69) is 0 Å². The van der Waals surface area contributed by atoms with Gasteiger partial charge in [-0.25, -0.2) is 13.6 Å². The van der Waals surface area contributed by atoms with E-state index in [4.69, 9.17) is 5.14 Å². The van der Waals surface area contributed by atoms with Gasteiger partial charge in [-0.15, -0.1) is 0 Å². The van der Waals surface area contributed by atoms with Gasteiger partial charge >= 0.3 is 0 Å². The second-order valence-corrected chi connectivity index (χ2v) is 7.78.